The Labute approximate surface area is 188 Å². The zero-order valence-corrected chi connectivity index (χ0v) is 19.3. The van der Waals surface area contributed by atoms with Gasteiger partial charge in [-0.3, -0.25) is 4.79 Å². The van der Waals surface area contributed by atoms with E-state index in [1.54, 1.807) is 32.2 Å². The van der Waals surface area contributed by atoms with Crippen molar-refractivity contribution in [1.29, 1.82) is 0 Å². The Kier molecular flexibility index (Phi) is 6.03. The first kappa shape index (κ1) is 22.1. The van der Waals surface area contributed by atoms with E-state index in [4.69, 9.17) is 16.3 Å². The molecule has 2 aromatic carbocycles. The van der Waals surface area contributed by atoms with Gasteiger partial charge in [-0.05, 0) is 68.0 Å². The van der Waals surface area contributed by atoms with E-state index in [1.807, 2.05) is 24.3 Å². The monoisotopic (exact) mass is 462 g/mol. The number of rotatable bonds is 6. The van der Waals surface area contributed by atoms with Gasteiger partial charge in [0.2, 0.25) is 15.9 Å². The number of piperidine rings is 1. The highest BCUT2D eigenvalue weighted by Gasteiger charge is 2.51. The van der Waals surface area contributed by atoms with Gasteiger partial charge in [-0.25, -0.2) is 8.42 Å². The van der Waals surface area contributed by atoms with Gasteiger partial charge in [0.25, 0.3) is 0 Å². The molecule has 0 unspecified atom stereocenters. The summed E-state index contributed by atoms with van der Waals surface area (Å²) in [6, 6.07) is 12.3. The molecule has 1 aliphatic heterocycles. The summed E-state index contributed by atoms with van der Waals surface area (Å²) in [5, 5.41) is 3.55. The van der Waals surface area contributed by atoms with E-state index in [2.05, 4.69) is 5.32 Å². The molecule has 2 aliphatic rings. The molecule has 0 bridgehead atoms. The summed E-state index contributed by atoms with van der Waals surface area (Å²) in [7, 11) is -2.07. The zero-order chi connectivity index (χ0) is 22.2. The van der Waals surface area contributed by atoms with Crippen LogP contribution in [-0.2, 0) is 20.2 Å². The summed E-state index contributed by atoms with van der Waals surface area (Å²) in [6.07, 6.45) is 3.04. The summed E-state index contributed by atoms with van der Waals surface area (Å²) in [4.78, 5) is 13.4. The molecular formula is C23H27ClN2O4S. The number of hydrogen-bond acceptors (Lipinski definition) is 4. The van der Waals surface area contributed by atoms with E-state index in [0.717, 1.165) is 30.6 Å². The van der Waals surface area contributed by atoms with Crippen molar-refractivity contribution in [3.8, 4) is 5.75 Å². The maximum Gasteiger partial charge on any atom is 0.243 e. The van der Waals surface area contributed by atoms with Crippen molar-refractivity contribution in [3.05, 3.63) is 58.6 Å². The first-order chi connectivity index (χ1) is 14.8. The normalized spacial score (nSPS) is 20.8. The lowest BCUT2D eigenvalue weighted by molar-refractivity contribution is -0.124. The number of halogens is 1. The fourth-order valence-corrected chi connectivity index (χ4v) is 6.29. The van der Waals surface area contributed by atoms with E-state index in [0.29, 0.717) is 23.6 Å². The molecule has 8 heteroatoms. The van der Waals surface area contributed by atoms with Gasteiger partial charge in [-0.1, -0.05) is 29.8 Å². The van der Waals surface area contributed by atoms with Gasteiger partial charge in [-0.2, -0.15) is 4.31 Å². The lowest BCUT2D eigenvalue weighted by Crippen LogP contribution is -2.51. The minimum Gasteiger partial charge on any atom is -0.497 e. The Hall–Kier alpha value is -2.09. The van der Waals surface area contributed by atoms with Crippen LogP contribution in [0.4, 0.5) is 0 Å². The van der Waals surface area contributed by atoms with Gasteiger partial charge in [0, 0.05) is 24.2 Å². The van der Waals surface area contributed by atoms with E-state index in [9.17, 15) is 13.2 Å². The molecule has 1 amide bonds. The molecule has 166 valence electrons. The Morgan fingerprint density at radius 3 is 2.55 bits per heavy atom. The van der Waals surface area contributed by atoms with Crippen LogP contribution >= 0.6 is 11.6 Å². The van der Waals surface area contributed by atoms with Gasteiger partial charge in [0.05, 0.1) is 17.4 Å². The second kappa shape index (κ2) is 8.45. The molecular weight excluding hydrogens is 436 g/mol. The van der Waals surface area contributed by atoms with Gasteiger partial charge < -0.3 is 10.1 Å². The largest absolute Gasteiger partial charge is 0.497 e. The van der Waals surface area contributed by atoms with Crippen LogP contribution in [0.15, 0.2) is 47.4 Å². The number of amides is 1. The molecule has 6 nitrogen and oxygen atoms in total. The Balaban J connectivity index is 1.47. The van der Waals surface area contributed by atoms with Gasteiger partial charge >= 0.3 is 0 Å². The Bertz CT molecular complexity index is 1080. The summed E-state index contributed by atoms with van der Waals surface area (Å²) in [5.41, 5.74) is 1.00. The highest BCUT2D eigenvalue weighted by molar-refractivity contribution is 7.89. The highest BCUT2D eigenvalue weighted by Crippen LogP contribution is 2.48. The Morgan fingerprint density at radius 2 is 1.90 bits per heavy atom. The Morgan fingerprint density at radius 1 is 1.19 bits per heavy atom. The maximum absolute atomic E-state index is 13.2. The van der Waals surface area contributed by atoms with Crippen LogP contribution in [0.1, 0.15) is 36.8 Å². The highest BCUT2D eigenvalue weighted by atomic mass is 35.5. The lowest BCUT2D eigenvalue weighted by Gasteiger charge is -2.33. The van der Waals surface area contributed by atoms with Crippen LogP contribution in [0, 0.1) is 6.92 Å². The molecule has 1 aliphatic carbocycles. The van der Waals surface area contributed by atoms with Gasteiger partial charge in [0.15, 0.2) is 0 Å². The van der Waals surface area contributed by atoms with Crippen LogP contribution in [0.25, 0.3) is 0 Å². The predicted molar refractivity (Wildman–Crippen MR) is 120 cm³/mol. The summed E-state index contributed by atoms with van der Waals surface area (Å²) in [5.74, 6) is 0.727. The molecule has 2 aromatic rings. The van der Waals surface area contributed by atoms with Crippen molar-refractivity contribution in [1.82, 2.24) is 9.62 Å². The lowest BCUT2D eigenvalue weighted by atomic mass is 9.94. The number of sulfonamides is 1. The number of ether oxygens (including phenoxy) is 1. The number of hydrogen-bond donors (Lipinski definition) is 1. The maximum atomic E-state index is 13.2. The molecule has 1 saturated heterocycles. The minimum absolute atomic E-state index is 0.0270. The molecule has 1 N–H and O–H groups in total. The van der Waals surface area contributed by atoms with Crippen molar-refractivity contribution in [3.63, 3.8) is 0 Å². The zero-order valence-electron chi connectivity index (χ0n) is 17.7. The van der Waals surface area contributed by atoms with E-state index in [-0.39, 0.29) is 23.4 Å². The molecule has 4 rings (SSSR count). The average Bonchev–Trinajstić information content (AvgIpc) is 3.58. The molecule has 2 fully saturated rings. The number of nitrogens with zero attached hydrogens (tertiary/aromatic N) is 1. The van der Waals surface area contributed by atoms with Crippen LogP contribution < -0.4 is 10.1 Å². The molecule has 0 radical (unpaired) electrons. The van der Waals surface area contributed by atoms with E-state index >= 15 is 0 Å². The predicted octanol–water partition coefficient (Wildman–Crippen LogP) is 3.66. The average molecular weight is 463 g/mol. The molecule has 0 spiro atoms. The summed E-state index contributed by atoms with van der Waals surface area (Å²) < 4.78 is 33.1. The third kappa shape index (κ3) is 4.19. The van der Waals surface area contributed by atoms with E-state index in [1.165, 1.54) is 4.31 Å². The van der Waals surface area contributed by atoms with Crippen molar-refractivity contribution in [2.75, 3.05) is 20.2 Å². The molecule has 1 atom stereocenters. The van der Waals surface area contributed by atoms with Crippen molar-refractivity contribution < 1.29 is 17.9 Å². The summed E-state index contributed by atoms with van der Waals surface area (Å²) in [6.45, 7) is 2.41. The van der Waals surface area contributed by atoms with Crippen molar-refractivity contribution in [2.45, 2.75) is 49.0 Å². The van der Waals surface area contributed by atoms with Crippen LogP contribution in [0.2, 0.25) is 5.02 Å². The first-order valence-corrected chi connectivity index (χ1v) is 12.3. The van der Waals surface area contributed by atoms with Crippen molar-refractivity contribution in [2.24, 2.45) is 0 Å². The quantitative estimate of drug-likeness (QED) is 0.710. The number of benzene rings is 2. The second-order valence-electron chi connectivity index (χ2n) is 8.35. The van der Waals surface area contributed by atoms with Gasteiger partial charge in [0.1, 0.15) is 5.75 Å². The summed E-state index contributed by atoms with van der Waals surface area (Å²) >= 11 is 6.14. The third-order valence-electron chi connectivity index (χ3n) is 6.38. The molecule has 1 heterocycles. The second-order valence-corrected chi connectivity index (χ2v) is 10.7. The standard InChI is InChI=1S/C23H27ClN2O4S/c1-16-20(24)6-3-7-21(16)31(28,29)26-14-4-5-18(15-26)25-22(27)23(12-13-23)17-8-10-19(30-2)11-9-17/h3,6-11,18H,4-5,12-15H2,1-2H3,(H,25,27)/t18-/m0/s1. The molecule has 31 heavy (non-hydrogen) atoms. The molecule has 1 saturated carbocycles. The first-order valence-electron chi connectivity index (χ1n) is 10.5. The smallest absolute Gasteiger partial charge is 0.243 e. The fourth-order valence-electron chi connectivity index (χ4n) is 4.29. The fraction of sp³-hybridized carbons (Fsp3) is 0.435. The van der Waals surface area contributed by atoms with Crippen LogP contribution in [-0.4, -0.2) is 44.9 Å². The van der Waals surface area contributed by atoms with Crippen LogP contribution in [0.5, 0.6) is 5.75 Å². The van der Waals surface area contributed by atoms with Crippen molar-refractivity contribution >= 4 is 27.5 Å². The topological polar surface area (TPSA) is 75.7 Å². The number of carbonyl (C=O) groups is 1. The third-order valence-corrected chi connectivity index (χ3v) is 8.80. The minimum atomic E-state index is -3.68. The number of carbonyl (C=O) groups excluding carboxylic acids is 1. The van der Waals surface area contributed by atoms with Crippen LogP contribution in [0.3, 0.4) is 0 Å². The van der Waals surface area contributed by atoms with E-state index < -0.39 is 15.4 Å². The molecule has 0 aromatic heterocycles. The number of methoxy groups -OCH3 is 1. The SMILES string of the molecule is COc1ccc(C2(C(=O)N[C@H]3CCCN(S(=O)(=O)c4cccc(Cl)c4C)C3)CC2)cc1. The number of nitrogens with one attached hydrogen (secondary N) is 1. The van der Waals surface area contributed by atoms with Gasteiger partial charge in [-0.15, -0.1) is 0 Å².